The minimum Gasteiger partial charge on any atom is -0.467 e. The molecule has 1 unspecified atom stereocenters. The summed E-state index contributed by atoms with van der Waals surface area (Å²) in [4.78, 5) is 53.3. The predicted molar refractivity (Wildman–Crippen MR) is 192 cm³/mol. The second-order valence-electron chi connectivity index (χ2n) is 12.1. The second kappa shape index (κ2) is 17.3. The molecular formula is C36H42F3N8O5+. The van der Waals surface area contributed by atoms with Gasteiger partial charge < -0.3 is 37.9 Å². The van der Waals surface area contributed by atoms with Gasteiger partial charge in [-0.25, -0.2) is 4.79 Å². The highest BCUT2D eigenvalue weighted by Gasteiger charge is 2.38. The lowest BCUT2D eigenvalue weighted by Crippen LogP contribution is -2.41. The van der Waals surface area contributed by atoms with Crippen molar-refractivity contribution in [2.24, 2.45) is 23.5 Å². The molecule has 0 saturated heterocycles. The molecule has 52 heavy (non-hydrogen) atoms. The van der Waals surface area contributed by atoms with Crippen molar-refractivity contribution >= 4 is 62.7 Å². The number of unbranched alkanes of at least 4 members (excludes halogenated alkanes) is 2. The van der Waals surface area contributed by atoms with Gasteiger partial charge in [-0.1, -0.05) is 18.6 Å². The van der Waals surface area contributed by atoms with Crippen LogP contribution in [0.2, 0.25) is 0 Å². The van der Waals surface area contributed by atoms with Crippen molar-refractivity contribution < 1.29 is 41.7 Å². The molecule has 1 aromatic heterocycles. The number of anilines is 2. The van der Waals surface area contributed by atoms with Crippen molar-refractivity contribution in [2.45, 2.75) is 50.7 Å². The Labute approximate surface area is 297 Å². The Morgan fingerprint density at radius 3 is 2.38 bits per heavy atom. The summed E-state index contributed by atoms with van der Waals surface area (Å²) in [5.74, 6) is -3.34. The van der Waals surface area contributed by atoms with E-state index in [9.17, 15) is 32.3 Å². The molecular weight excluding hydrogens is 681 g/mol. The van der Waals surface area contributed by atoms with Crippen LogP contribution in [0, 0.1) is 0 Å². The summed E-state index contributed by atoms with van der Waals surface area (Å²) in [7, 11) is 3.03. The Morgan fingerprint density at radius 1 is 0.923 bits per heavy atom. The average molecular weight is 724 g/mol. The van der Waals surface area contributed by atoms with E-state index in [-0.39, 0.29) is 29.9 Å². The number of nitrogen functional groups attached to an aromatic ring is 1. The minimum atomic E-state index is -5.06. The number of aromatic nitrogens is 1. The van der Waals surface area contributed by atoms with Gasteiger partial charge in [-0.15, -0.1) is 0 Å². The van der Waals surface area contributed by atoms with Crippen LogP contribution in [0.4, 0.5) is 24.5 Å². The van der Waals surface area contributed by atoms with Gasteiger partial charge in [0.15, 0.2) is 5.96 Å². The number of esters is 1. The van der Waals surface area contributed by atoms with Gasteiger partial charge >= 0.3 is 18.1 Å². The van der Waals surface area contributed by atoms with E-state index >= 15 is 0 Å². The van der Waals surface area contributed by atoms with E-state index in [1.807, 2.05) is 16.0 Å². The van der Waals surface area contributed by atoms with E-state index in [0.717, 1.165) is 10.9 Å². The number of methoxy groups -OCH3 is 1. The summed E-state index contributed by atoms with van der Waals surface area (Å²) in [5.41, 5.74) is 19.5. The summed E-state index contributed by atoms with van der Waals surface area (Å²) >= 11 is 0. The van der Waals surface area contributed by atoms with Crippen molar-refractivity contribution in [3.8, 4) is 11.3 Å². The highest BCUT2D eigenvalue weighted by atomic mass is 19.4. The van der Waals surface area contributed by atoms with Gasteiger partial charge in [-0.05, 0) is 68.1 Å². The van der Waals surface area contributed by atoms with E-state index in [0.29, 0.717) is 78.5 Å². The normalized spacial score (nSPS) is 11.9. The van der Waals surface area contributed by atoms with E-state index < -0.39 is 24.1 Å². The fraction of sp³-hybridized carbons (Fsp3) is 0.333. The number of amides is 3. The number of benzene rings is 3. The van der Waals surface area contributed by atoms with Crippen LogP contribution in [0.5, 0.6) is 0 Å². The standard InChI is InChI=1S/C36H41F3N8O5/c1-47-29-19-23(40)12-14-26(29)25-15-13-24(45-34(51)36(37,38)39)20-27(25)31(47)21-8-6-9-22(18-21)32(49)43-16-5-3-4-11-30(48)46-28(33(50)52-2)10-7-17-44-35(41)42/h6,8-9,12-15,18-20,28,40H,3-5,7,10-11,16-17H2,1-2H3,(H7,41,42,43,44,45,46,48,49,51)/p+1. The van der Waals surface area contributed by atoms with Crippen LogP contribution in [-0.4, -0.2) is 62.1 Å². The van der Waals surface area contributed by atoms with Crippen molar-refractivity contribution in [1.29, 1.82) is 0 Å². The summed E-state index contributed by atoms with van der Waals surface area (Å²) in [6, 6.07) is 15.8. The van der Waals surface area contributed by atoms with E-state index in [4.69, 9.17) is 21.9 Å². The van der Waals surface area contributed by atoms with Crippen LogP contribution in [0.15, 0.2) is 65.7 Å². The molecule has 0 aliphatic heterocycles. The number of fused-ring (bicyclic) bond motifs is 3. The number of nitrogens with zero attached hydrogens (tertiary/aromatic N) is 2. The molecule has 16 heteroatoms. The molecule has 3 aromatic carbocycles. The van der Waals surface area contributed by atoms with Crippen molar-refractivity contribution in [3.05, 3.63) is 66.2 Å². The fourth-order valence-corrected chi connectivity index (χ4v) is 5.82. The number of carbonyl (C=O) groups is 4. The molecule has 1 heterocycles. The molecule has 4 rings (SSSR count). The number of nitrogens with one attached hydrogen (secondary N) is 3. The number of halogens is 3. The number of aliphatic imine (C=N–C) groups is 1. The summed E-state index contributed by atoms with van der Waals surface area (Å²) in [6.45, 7) is 0.654. The Kier molecular flexibility index (Phi) is 13.0. The molecule has 0 fully saturated rings. The monoisotopic (exact) mass is 723 g/mol. The largest absolute Gasteiger partial charge is 0.471 e. The predicted octanol–water partition coefficient (Wildman–Crippen LogP) is 3.57. The number of carbonyl (C=O) groups excluding carboxylic acids is 4. The number of alkyl halides is 3. The van der Waals surface area contributed by atoms with Crippen LogP contribution in [0.3, 0.4) is 0 Å². The zero-order valence-electron chi connectivity index (χ0n) is 28.8. The number of guanidine groups is 1. The van der Waals surface area contributed by atoms with E-state index in [1.165, 1.54) is 19.2 Å². The first-order valence-corrected chi connectivity index (χ1v) is 16.5. The maximum absolute atomic E-state index is 13.2. The minimum absolute atomic E-state index is 0.0416. The molecule has 276 valence electrons. The molecule has 0 saturated carbocycles. The Hall–Kier alpha value is -5.93. The molecule has 0 bridgehead atoms. The van der Waals surface area contributed by atoms with Gasteiger partial charge in [0.25, 0.3) is 5.91 Å². The Balaban J connectivity index is 1.42. The molecule has 4 aromatic rings. The number of hydrogen-bond acceptors (Lipinski definition) is 7. The van der Waals surface area contributed by atoms with Crippen LogP contribution in [0.1, 0.15) is 48.9 Å². The smallest absolute Gasteiger partial charge is 0.467 e. The van der Waals surface area contributed by atoms with Gasteiger partial charge in [0.05, 0.1) is 17.9 Å². The molecule has 0 aliphatic rings. The third kappa shape index (κ3) is 10.1. The lowest BCUT2D eigenvalue weighted by atomic mass is 9.97. The zero-order valence-corrected chi connectivity index (χ0v) is 28.8. The number of rotatable bonds is 15. The van der Waals surface area contributed by atoms with Crippen molar-refractivity contribution in [1.82, 2.24) is 10.6 Å². The van der Waals surface area contributed by atoms with E-state index in [1.54, 1.807) is 49.5 Å². The zero-order chi connectivity index (χ0) is 38.0. The maximum Gasteiger partial charge on any atom is 0.471 e. The topological polar surface area (TPSA) is 208 Å². The molecule has 9 N–H and O–H groups in total. The number of pyridine rings is 1. The van der Waals surface area contributed by atoms with Crippen LogP contribution >= 0.6 is 0 Å². The van der Waals surface area contributed by atoms with Gasteiger partial charge in [0, 0.05) is 53.5 Å². The summed E-state index contributed by atoms with van der Waals surface area (Å²) < 4.78 is 45.7. The molecule has 13 nitrogen and oxygen atoms in total. The molecule has 0 aliphatic carbocycles. The van der Waals surface area contributed by atoms with Gasteiger partial charge in [-0.2, -0.15) is 17.7 Å². The Bertz CT molecular complexity index is 2000. The van der Waals surface area contributed by atoms with Crippen molar-refractivity contribution in [3.63, 3.8) is 0 Å². The number of aryl methyl sites for hydroxylation is 1. The molecule has 0 radical (unpaired) electrons. The van der Waals surface area contributed by atoms with Crippen molar-refractivity contribution in [2.75, 3.05) is 31.2 Å². The highest BCUT2D eigenvalue weighted by Crippen LogP contribution is 2.34. The fourth-order valence-electron chi connectivity index (χ4n) is 5.82. The van der Waals surface area contributed by atoms with Gasteiger partial charge in [-0.3, -0.25) is 19.4 Å². The average Bonchev–Trinajstić information content (AvgIpc) is 3.10. The van der Waals surface area contributed by atoms with Gasteiger partial charge in [0.2, 0.25) is 17.1 Å². The number of hydrogen-bond donors (Lipinski definition) is 6. The lowest BCUT2D eigenvalue weighted by Gasteiger charge is -2.16. The van der Waals surface area contributed by atoms with Gasteiger partial charge in [0.1, 0.15) is 13.1 Å². The first-order valence-electron chi connectivity index (χ1n) is 16.5. The molecule has 3 amide bonds. The SMILES string of the molecule is COC(=O)C(CCCN=C(N)N)NC(=O)CCCCCNC(=O)c1cccc(-c2c3cc(NC(=O)C(F)(F)F)ccc3c3ccc(N)cc3[n+]2C)c1. The maximum atomic E-state index is 13.2. The quantitative estimate of drug-likeness (QED) is 0.0203. The Morgan fingerprint density at radius 2 is 1.67 bits per heavy atom. The van der Waals surface area contributed by atoms with Crippen LogP contribution < -0.4 is 37.7 Å². The van der Waals surface area contributed by atoms with Crippen LogP contribution in [-0.2, 0) is 26.2 Å². The molecule has 1 atom stereocenters. The third-order valence-corrected chi connectivity index (χ3v) is 8.33. The number of nitrogens with two attached hydrogens (primary N) is 3. The summed E-state index contributed by atoms with van der Waals surface area (Å²) in [5, 5.41) is 9.53. The third-order valence-electron chi connectivity index (χ3n) is 8.33. The second-order valence-corrected chi connectivity index (χ2v) is 12.1. The molecule has 0 spiro atoms. The summed E-state index contributed by atoms with van der Waals surface area (Å²) in [6.07, 6.45) is -2.34. The van der Waals surface area contributed by atoms with E-state index in [2.05, 4.69) is 15.6 Å². The highest BCUT2D eigenvalue weighted by molar-refractivity contribution is 6.11. The number of ether oxygens (including phenoxy) is 1. The lowest BCUT2D eigenvalue weighted by molar-refractivity contribution is -0.632. The first kappa shape index (κ1) is 38.9. The first-order chi connectivity index (χ1) is 24.7. The van der Waals surface area contributed by atoms with Crippen LogP contribution in [0.25, 0.3) is 32.9 Å².